The molecule has 8 nitrogen and oxygen atoms in total. The van der Waals surface area contributed by atoms with Gasteiger partial charge in [-0.05, 0) is 99.5 Å². The first-order chi connectivity index (χ1) is 25.9. The lowest BCUT2D eigenvalue weighted by molar-refractivity contribution is -0.169. The molecule has 8 heteroatoms. The Morgan fingerprint density at radius 2 is 1.91 bits per heavy atom. The van der Waals surface area contributed by atoms with Crippen molar-refractivity contribution in [2.75, 3.05) is 19.8 Å². The Labute approximate surface area is 320 Å². The van der Waals surface area contributed by atoms with Gasteiger partial charge in [0, 0.05) is 30.1 Å². The molecule has 6 N–H and O–H groups in total. The van der Waals surface area contributed by atoms with E-state index in [9.17, 15) is 24.9 Å². The molecule has 5 aliphatic rings. The van der Waals surface area contributed by atoms with Crippen LogP contribution in [0.15, 0.2) is 76.9 Å². The minimum atomic E-state index is -1.26. The molecule has 286 valence electrons. The van der Waals surface area contributed by atoms with Crippen LogP contribution in [0.25, 0.3) is 0 Å². The molecule has 0 bridgehead atoms. The largest absolute Gasteiger partial charge is 0.395 e. The van der Waals surface area contributed by atoms with Crippen LogP contribution in [0, 0.1) is 46.9 Å². The van der Waals surface area contributed by atoms with Crippen molar-refractivity contribution in [1.82, 2.24) is 5.32 Å². The number of aliphatic hydroxyl groups is 3. The third-order valence-corrected chi connectivity index (χ3v) is 12.8. The van der Waals surface area contributed by atoms with E-state index in [4.69, 9.17) is 10.5 Å². The van der Waals surface area contributed by atoms with Gasteiger partial charge in [-0.2, -0.15) is 0 Å². The number of Topliss-reactive ketones (excluding diaryl/α,β-unsaturated/α-hetero) is 1. The highest BCUT2D eigenvalue weighted by atomic mass is 16.5. The molecule has 8 atom stereocenters. The number of rotatable bonds is 3. The van der Waals surface area contributed by atoms with E-state index < -0.39 is 41.0 Å². The monoisotopic (exact) mass is 732 g/mol. The van der Waals surface area contributed by atoms with Crippen molar-refractivity contribution < 1.29 is 29.6 Å². The highest BCUT2D eigenvalue weighted by Gasteiger charge is 2.64. The second-order valence-electron chi connectivity index (χ2n) is 16.2. The number of carbonyl (C=O) groups is 2. The van der Waals surface area contributed by atoms with Gasteiger partial charge in [0.1, 0.15) is 12.8 Å². The number of carbonyl (C=O) groups excluding carboxylic acids is 2. The molecule has 1 aromatic rings. The molecule has 1 spiro atoms. The first-order valence-corrected chi connectivity index (χ1v) is 19.5. The number of hydrogen-bond acceptors (Lipinski definition) is 7. The number of hydrogen-bond donors (Lipinski definition) is 5. The van der Waals surface area contributed by atoms with Crippen molar-refractivity contribution in [1.29, 1.82) is 0 Å². The molecule has 6 rings (SSSR count). The predicted octanol–water partition coefficient (Wildman–Crippen LogP) is 5.80. The highest BCUT2D eigenvalue weighted by Crippen LogP contribution is 2.63. The highest BCUT2D eigenvalue weighted by molar-refractivity contribution is 6.01. The number of aliphatic hydroxyl groups excluding tert-OH is 2. The van der Waals surface area contributed by atoms with Crippen LogP contribution in [-0.2, 0) is 20.7 Å². The van der Waals surface area contributed by atoms with E-state index in [1.54, 1.807) is 0 Å². The molecular weight excluding hydrogens is 677 g/mol. The fourth-order valence-electron chi connectivity index (χ4n) is 9.85. The Morgan fingerprint density at radius 1 is 1.11 bits per heavy atom. The third-order valence-electron chi connectivity index (χ3n) is 12.8. The second kappa shape index (κ2) is 16.8. The SMILES string of the molecule is C=C1C=CC=C(C2CCC3(C4CC(CO)C#CCC(c5cccc6c5CC(=O)NC6N)C(=O)C(C)=C4CCC3(C)O)C2O)COCC#CCC(C)=CCC1. The number of nitrogens with one attached hydrogen (secondary N) is 1. The van der Waals surface area contributed by atoms with Crippen LogP contribution in [-0.4, -0.2) is 58.5 Å². The molecule has 2 saturated carbocycles. The molecule has 0 aromatic heterocycles. The Kier molecular flexibility index (Phi) is 12.3. The molecule has 1 aromatic carbocycles. The smallest absolute Gasteiger partial charge is 0.225 e. The van der Waals surface area contributed by atoms with Gasteiger partial charge in [-0.3, -0.25) is 9.59 Å². The topological polar surface area (TPSA) is 142 Å². The Bertz CT molecular complexity index is 1910. The van der Waals surface area contributed by atoms with Gasteiger partial charge in [-0.1, -0.05) is 83.6 Å². The molecule has 1 amide bonds. The first-order valence-electron chi connectivity index (χ1n) is 19.5. The average Bonchev–Trinajstić information content (AvgIpc) is 3.48. The minimum Gasteiger partial charge on any atom is -0.395 e. The maximum Gasteiger partial charge on any atom is 0.225 e. The van der Waals surface area contributed by atoms with Crippen LogP contribution in [0.4, 0.5) is 0 Å². The van der Waals surface area contributed by atoms with E-state index in [0.717, 1.165) is 46.3 Å². The number of ether oxygens (including phenoxy) is 1. The van der Waals surface area contributed by atoms with Gasteiger partial charge in [0.05, 0.1) is 37.3 Å². The van der Waals surface area contributed by atoms with Gasteiger partial charge >= 0.3 is 0 Å². The molecule has 3 aliphatic carbocycles. The molecule has 2 heterocycles. The lowest BCUT2D eigenvalue weighted by Gasteiger charge is -2.56. The van der Waals surface area contributed by atoms with E-state index in [2.05, 4.69) is 48.6 Å². The molecule has 2 fully saturated rings. The van der Waals surface area contributed by atoms with Crippen molar-refractivity contribution >= 4 is 11.7 Å². The summed E-state index contributed by atoms with van der Waals surface area (Å²) in [5.41, 5.74) is 11.0. The van der Waals surface area contributed by atoms with Crippen LogP contribution in [0.2, 0.25) is 0 Å². The van der Waals surface area contributed by atoms with E-state index >= 15 is 0 Å². The summed E-state index contributed by atoms with van der Waals surface area (Å²) in [4.78, 5) is 27.4. The van der Waals surface area contributed by atoms with E-state index in [1.165, 1.54) is 5.57 Å². The Morgan fingerprint density at radius 3 is 2.70 bits per heavy atom. The summed E-state index contributed by atoms with van der Waals surface area (Å²) in [5, 5.41) is 38.6. The standard InChI is InChI=1S/C46H56N2O6/c1-29-11-5-6-24-54-28-33(16-8-14-30(2)13-7-12-29)35-21-23-46(43(35)52)40-25-32(27-49)15-9-18-37(42(51)31(3)34(40)20-22-45(46,4)53)36-17-10-19-38-39(36)26-41(50)48-44(38)47/h8,10,12,14,16-17,19,32,35,37,40,43-44,49,52-53H,2,7,11,13,18,20-28,47H2,1,3-4H3,(H,48,50). The fourth-order valence-corrected chi connectivity index (χ4v) is 9.85. The molecular formula is C46H56N2O6. The van der Waals surface area contributed by atoms with Gasteiger partial charge < -0.3 is 31.1 Å². The van der Waals surface area contributed by atoms with E-state index in [0.29, 0.717) is 44.1 Å². The number of ketones is 1. The van der Waals surface area contributed by atoms with Gasteiger partial charge in [0.15, 0.2) is 5.78 Å². The summed E-state index contributed by atoms with van der Waals surface area (Å²) in [6.07, 6.45) is 11.8. The summed E-state index contributed by atoms with van der Waals surface area (Å²) in [6, 6.07) is 5.65. The summed E-state index contributed by atoms with van der Waals surface area (Å²) in [7, 11) is 0. The second-order valence-corrected chi connectivity index (χ2v) is 16.2. The fraction of sp³-hybridized carbons (Fsp3) is 0.522. The van der Waals surface area contributed by atoms with Crippen LogP contribution >= 0.6 is 0 Å². The van der Waals surface area contributed by atoms with Gasteiger partial charge in [0.25, 0.3) is 0 Å². The third kappa shape index (κ3) is 7.87. The molecule has 54 heavy (non-hydrogen) atoms. The van der Waals surface area contributed by atoms with Crippen molar-refractivity contribution in [2.24, 2.45) is 28.9 Å². The maximum absolute atomic E-state index is 14.8. The Balaban J connectivity index is 1.39. The minimum absolute atomic E-state index is 0.0738. The summed E-state index contributed by atoms with van der Waals surface area (Å²) < 4.78 is 6.09. The summed E-state index contributed by atoms with van der Waals surface area (Å²) in [6.45, 7) is 10.4. The van der Waals surface area contributed by atoms with E-state index in [1.807, 2.05) is 50.3 Å². The zero-order valence-corrected chi connectivity index (χ0v) is 32.0. The number of nitrogens with two attached hydrogens (primary N) is 1. The Hall–Kier alpha value is -4.02. The summed E-state index contributed by atoms with van der Waals surface area (Å²) in [5.74, 6) is 10.8. The molecule has 0 radical (unpaired) electrons. The quantitative estimate of drug-likeness (QED) is 0.196. The molecule has 2 aliphatic heterocycles. The lowest BCUT2D eigenvalue weighted by atomic mass is 9.51. The zero-order chi connectivity index (χ0) is 38.6. The zero-order valence-electron chi connectivity index (χ0n) is 32.0. The summed E-state index contributed by atoms with van der Waals surface area (Å²) >= 11 is 0. The normalized spacial score (nSPS) is 33.8. The number of allylic oxidation sites excluding steroid dienone is 8. The lowest BCUT2D eigenvalue weighted by Crippen LogP contribution is -2.59. The average molecular weight is 733 g/mol. The van der Waals surface area contributed by atoms with Gasteiger partial charge in [-0.15, -0.1) is 5.92 Å². The number of amides is 1. The molecule has 0 saturated heterocycles. The van der Waals surface area contributed by atoms with E-state index in [-0.39, 0.29) is 50.3 Å². The van der Waals surface area contributed by atoms with Crippen molar-refractivity contribution in [2.45, 2.75) is 109 Å². The van der Waals surface area contributed by atoms with Crippen molar-refractivity contribution in [3.8, 4) is 23.7 Å². The predicted molar refractivity (Wildman–Crippen MR) is 210 cm³/mol. The molecule has 8 unspecified atom stereocenters. The maximum atomic E-state index is 14.8. The van der Waals surface area contributed by atoms with Crippen molar-refractivity contribution in [3.05, 3.63) is 93.6 Å². The first kappa shape index (κ1) is 39.7. The van der Waals surface area contributed by atoms with Crippen LogP contribution in [0.5, 0.6) is 0 Å². The van der Waals surface area contributed by atoms with Crippen LogP contribution < -0.4 is 11.1 Å². The van der Waals surface area contributed by atoms with Gasteiger partial charge in [0.2, 0.25) is 5.91 Å². The van der Waals surface area contributed by atoms with Crippen LogP contribution in [0.1, 0.15) is 107 Å². The number of fused-ring (bicyclic) bond motifs is 3. The van der Waals surface area contributed by atoms with Crippen LogP contribution in [0.3, 0.4) is 0 Å². The van der Waals surface area contributed by atoms with Gasteiger partial charge in [-0.25, -0.2) is 0 Å². The van der Waals surface area contributed by atoms with Crippen molar-refractivity contribution in [3.63, 3.8) is 0 Å². The number of benzene rings is 1.